The fourth-order valence-corrected chi connectivity index (χ4v) is 1.87. The molecule has 0 unspecified atom stereocenters. The van der Waals surface area contributed by atoms with Gasteiger partial charge in [-0.25, -0.2) is 4.79 Å². The predicted molar refractivity (Wildman–Crippen MR) is 67.4 cm³/mol. The average Bonchev–Trinajstić information content (AvgIpc) is 2.62. The van der Waals surface area contributed by atoms with Gasteiger partial charge < -0.3 is 14.7 Å². The molecule has 1 N–H and O–H groups in total. The highest BCUT2D eigenvalue weighted by molar-refractivity contribution is 5.70. The summed E-state index contributed by atoms with van der Waals surface area (Å²) in [5.41, 5.74) is -0.505. The van der Waals surface area contributed by atoms with E-state index in [2.05, 4.69) is 0 Å². The van der Waals surface area contributed by atoms with Crippen molar-refractivity contribution in [2.45, 2.75) is 51.7 Å². The van der Waals surface area contributed by atoms with Crippen LogP contribution < -0.4 is 0 Å². The summed E-state index contributed by atoms with van der Waals surface area (Å²) >= 11 is 0. The average molecular weight is 255 g/mol. The highest BCUT2D eigenvalue weighted by Crippen LogP contribution is 2.21. The summed E-state index contributed by atoms with van der Waals surface area (Å²) in [5, 5.41) is 8.56. The maximum Gasteiger partial charge on any atom is 0.410 e. The SMILES string of the molecule is CC(C)(C)OC(=O)N1CCC[C@H]1/C=C/CC(=O)O. The summed E-state index contributed by atoms with van der Waals surface area (Å²) in [6.07, 6.45) is 4.81. The Kier molecular flexibility index (Phi) is 4.76. The van der Waals surface area contributed by atoms with Gasteiger partial charge in [0.1, 0.15) is 5.60 Å². The van der Waals surface area contributed by atoms with Gasteiger partial charge in [-0.3, -0.25) is 4.79 Å². The van der Waals surface area contributed by atoms with Crippen LogP contribution in [0.5, 0.6) is 0 Å². The number of rotatable bonds is 3. The molecule has 5 heteroatoms. The first-order valence-corrected chi connectivity index (χ1v) is 6.17. The van der Waals surface area contributed by atoms with Crippen LogP contribution in [0, 0.1) is 0 Å². The Bertz CT molecular complexity index is 343. The van der Waals surface area contributed by atoms with Crippen LogP contribution in [0.15, 0.2) is 12.2 Å². The smallest absolute Gasteiger partial charge is 0.410 e. The molecule has 18 heavy (non-hydrogen) atoms. The monoisotopic (exact) mass is 255 g/mol. The minimum Gasteiger partial charge on any atom is -0.481 e. The molecule has 102 valence electrons. The number of aliphatic carboxylic acids is 1. The first-order valence-electron chi connectivity index (χ1n) is 6.17. The van der Waals surface area contributed by atoms with Gasteiger partial charge in [-0.15, -0.1) is 0 Å². The fourth-order valence-electron chi connectivity index (χ4n) is 1.87. The second kappa shape index (κ2) is 5.89. The summed E-state index contributed by atoms with van der Waals surface area (Å²) < 4.78 is 5.32. The van der Waals surface area contributed by atoms with E-state index in [0.29, 0.717) is 6.54 Å². The Morgan fingerprint density at radius 1 is 1.44 bits per heavy atom. The Balaban J connectivity index is 2.56. The van der Waals surface area contributed by atoms with Crippen molar-refractivity contribution in [1.82, 2.24) is 4.90 Å². The number of amides is 1. The number of hydrogen-bond donors (Lipinski definition) is 1. The maximum atomic E-state index is 11.9. The van der Waals surface area contributed by atoms with Crippen LogP contribution in [0.4, 0.5) is 4.79 Å². The zero-order valence-corrected chi connectivity index (χ0v) is 11.2. The van der Waals surface area contributed by atoms with E-state index >= 15 is 0 Å². The summed E-state index contributed by atoms with van der Waals surface area (Å²) in [5.74, 6) is -0.868. The third kappa shape index (κ3) is 4.77. The van der Waals surface area contributed by atoms with Crippen molar-refractivity contribution in [1.29, 1.82) is 0 Å². The summed E-state index contributed by atoms with van der Waals surface area (Å²) in [6, 6.07) is -0.0424. The number of nitrogens with zero attached hydrogens (tertiary/aromatic N) is 1. The minimum absolute atomic E-state index is 0.0152. The van der Waals surface area contributed by atoms with Gasteiger partial charge in [0.15, 0.2) is 0 Å². The molecule has 1 amide bonds. The Morgan fingerprint density at radius 3 is 2.67 bits per heavy atom. The lowest BCUT2D eigenvalue weighted by Gasteiger charge is -2.27. The molecule has 0 spiro atoms. The highest BCUT2D eigenvalue weighted by Gasteiger charge is 2.30. The molecule has 0 aliphatic carbocycles. The fraction of sp³-hybridized carbons (Fsp3) is 0.692. The van der Waals surface area contributed by atoms with Gasteiger partial charge in [-0.1, -0.05) is 12.2 Å². The molecule has 0 aromatic heterocycles. The van der Waals surface area contributed by atoms with Crippen LogP contribution in [0.2, 0.25) is 0 Å². The normalized spacial score (nSPS) is 20.4. The number of hydrogen-bond acceptors (Lipinski definition) is 3. The van der Waals surface area contributed by atoms with Gasteiger partial charge in [-0.2, -0.15) is 0 Å². The van der Waals surface area contributed by atoms with Crippen molar-refractivity contribution in [3.63, 3.8) is 0 Å². The summed E-state index contributed by atoms with van der Waals surface area (Å²) in [6.45, 7) is 6.15. The highest BCUT2D eigenvalue weighted by atomic mass is 16.6. The van der Waals surface area contributed by atoms with Crippen molar-refractivity contribution < 1.29 is 19.4 Å². The largest absolute Gasteiger partial charge is 0.481 e. The van der Waals surface area contributed by atoms with Crippen LogP contribution in [0.1, 0.15) is 40.0 Å². The first kappa shape index (κ1) is 14.5. The topological polar surface area (TPSA) is 66.8 Å². The molecule has 1 aliphatic heterocycles. The van der Waals surface area contributed by atoms with E-state index in [-0.39, 0.29) is 18.6 Å². The molecule has 1 heterocycles. The molecule has 0 bridgehead atoms. The van der Waals surface area contributed by atoms with E-state index in [1.165, 1.54) is 0 Å². The van der Waals surface area contributed by atoms with Crippen LogP contribution in [0.3, 0.4) is 0 Å². The lowest BCUT2D eigenvalue weighted by atomic mass is 10.2. The molecule has 1 saturated heterocycles. The molecule has 0 aromatic carbocycles. The molecule has 5 nitrogen and oxygen atoms in total. The van der Waals surface area contributed by atoms with E-state index in [9.17, 15) is 9.59 Å². The predicted octanol–water partition coefficient (Wildman–Crippen LogP) is 2.42. The standard InChI is InChI=1S/C13H21NO4/c1-13(2,3)18-12(17)14-9-5-7-10(14)6-4-8-11(15)16/h4,6,10H,5,7-9H2,1-3H3,(H,15,16)/b6-4+/t10-/m1/s1. The van der Waals surface area contributed by atoms with E-state index < -0.39 is 11.6 Å². The molecule has 0 aromatic rings. The summed E-state index contributed by atoms with van der Waals surface area (Å²) in [7, 11) is 0. The number of ether oxygens (including phenoxy) is 1. The lowest BCUT2D eigenvalue weighted by molar-refractivity contribution is -0.136. The summed E-state index contributed by atoms with van der Waals surface area (Å²) in [4.78, 5) is 24.0. The number of carboxylic acids is 1. The molecule has 1 aliphatic rings. The third-order valence-electron chi connectivity index (χ3n) is 2.58. The molecule has 1 fully saturated rings. The lowest BCUT2D eigenvalue weighted by Crippen LogP contribution is -2.39. The third-order valence-corrected chi connectivity index (χ3v) is 2.58. The van der Waals surface area contributed by atoms with Crippen LogP contribution in [0.25, 0.3) is 0 Å². The molecule has 0 radical (unpaired) electrons. The van der Waals surface area contributed by atoms with Crippen LogP contribution in [-0.2, 0) is 9.53 Å². The number of carbonyl (C=O) groups is 2. The molecule has 1 rings (SSSR count). The van der Waals surface area contributed by atoms with Crippen LogP contribution in [-0.4, -0.2) is 40.3 Å². The molecular formula is C13H21NO4. The Morgan fingerprint density at radius 2 is 2.11 bits per heavy atom. The number of likely N-dealkylation sites (tertiary alicyclic amines) is 1. The first-order chi connectivity index (χ1) is 8.29. The van der Waals surface area contributed by atoms with Gasteiger partial charge in [0.25, 0.3) is 0 Å². The second-order valence-electron chi connectivity index (χ2n) is 5.41. The maximum absolute atomic E-state index is 11.9. The van der Waals surface area contributed by atoms with Crippen molar-refractivity contribution >= 4 is 12.1 Å². The van der Waals surface area contributed by atoms with Crippen molar-refractivity contribution in [3.05, 3.63) is 12.2 Å². The second-order valence-corrected chi connectivity index (χ2v) is 5.41. The van der Waals surface area contributed by atoms with Gasteiger partial charge in [0, 0.05) is 6.54 Å². The Labute approximate surface area is 107 Å². The van der Waals surface area contributed by atoms with E-state index in [4.69, 9.17) is 9.84 Å². The Hall–Kier alpha value is -1.52. The van der Waals surface area contributed by atoms with Crippen molar-refractivity contribution in [2.24, 2.45) is 0 Å². The molecular weight excluding hydrogens is 234 g/mol. The zero-order valence-electron chi connectivity index (χ0n) is 11.2. The minimum atomic E-state index is -0.868. The van der Waals surface area contributed by atoms with E-state index in [1.54, 1.807) is 17.1 Å². The number of carboxylic acid groups (broad SMARTS) is 1. The van der Waals surface area contributed by atoms with Gasteiger partial charge in [0.05, 0.1) is 12.5 Å². The quantitative estimate of drug-likeness (QED) is 0.786. The number of carbonyl (C=O) groups excluding carboxylic acids is 1. The van der Waals surface area contributed by atoms with Gasteiger partial charge in [0.2, 0.25) is 0 Å². The van der Waals surface area contributed by atoms with Crippen molar-refractivity contribution in [2.75, 3.05) is 6.54 Å². The van der Waals surface area contributed by atoms with Gasteiger partial charge >= 0.3 is 12.1 Å². The van der Waals surface area contributed by atoms with E-state index in [0.717, 1.165) is 12.8 Å². The van der Waals surface area contributed by atoms with Crippen molar-refractivity contribution in [3.8, 4) is 0 Å². The van der Waals surface area contributed by atoms with Crippen LogP contribution >= 0.6 is 0 Å². The van der Waals surface area contributed by atoms with E-state index in [1.807, 2.05) is 20.8 Å². The molecule has 0 saturated carbocycles. The van der Waals surface area contributed by atoms with Gasteiger partial charge in [-0.05, 0) is 33.6 Å². The zero-order chi connectivity index (χ0) is 13.8. The molecule has 1 atom stereocenters.